The zero-order valence-corrected chi connectivity index (χ0v) is 15.1. The fourth-order valence-corrected chi connectivity index (χ4v) is 7.71. The number of carbonyl (C=O) groups is 2. The molecule has 4 saturated carbocycles. The zero-order chi connectivity index (χ0) is 16.4. The van der Waals surface area contributed by atoms with Crippen LogP contribution in [-0.2, 0) is 9.59 Å². The van der Waals surface area contributed by atoms with Gasteiger partial charge in [0.15, 0.2) is 0 Å². The molecule has 1 unspecified atom stereocenters. The molecular formula is C21H32O2. The molecule has 4 fully saturated rings. The second-order valence-electron chi connectivity index (χ2n) is 9.68. The summed E-state index contributed by atoms with van der Waals surface area (Å²) in [6, 6.07) is 0. The van der Waals surface area contributed by atoms with Gasteiger partial charge in [-0.25, -0.2) is 0 Å². The van der Waals surface area contributed by atoms with E-state index in [0.717, 1.165) is 43.4 Å². The topological polar surface area (TPSA) is 34.1 Å². The highest BCUT2D eigenvalue weighted by Gasteiger charge is 2.60. The van der Waals surface area contributed by atoms with Crippen LogP contribution in [-0.4, -0.2) is 11.6 Å². The Morgan fingerprint density at radius 1 is 0.957 bits per heavy atom. The standard InChI is InChI=1S/C21H32O2/c1-13(22)17-6-7-18-16-5-4-14-12-15(23)8-10-20(14,2)19(16)9-11-21(17,18)3/h14,16-19H,4-12H2,1-3H3/t14-,16+,17?,18+,19+,20+,21-/m0/s1. The summed E-state index contributed by atoms with van der Waals surface area (Å²) >= 11 is 0. The molecule has 0 saturated heterocycles. The fourth-order valence-electron chi connectivity index (χ4n) is 7.71. The van der Waals surface area contributed by atoms with Crippen LogP contribution in [0.25, 0.3) is 0 Å². The van der Waals surface area contributed by atoms with Crippen LogP contribution in [0.3, 0.4) is 0 Å². The maximum atomic E-state index is 12.2. The van der Waals surface area contributed by atoms with E-state index in [1.54, 1.807) is 0 Å². The number of Topliss-reactive ketones (excluding diaryl/α,β-unsaturated/α-hetero) is 2. The first-order chi connectivity index (χ1) is 10.9. The normalized spacial score (nSPS) is 52.5. The molecule has 4 aliphatic carbocycles. The Kier molecular flexibility index (Phi) is 3.56. The minimum Gasteiger partial charge on any atom is -0.300 e. The third kappa shape index (κ3) is 2.12. The quantitative estimate of drug-likeness (QED) is 0.696. The number of ketones is 2. The number of hydrogen-bond donors (Lipinski definition) is 0. The first-order valence-electron chi connectivity index (χ1n) is 9.88. The van der Waals surface area contributed by atoms with Gasteiger partial charge >= 0.3 is 0 Å². The van der Waals surface area contributed by atoms with Crippen LogP contribution in [0.1, 0.15) is 78.6 Å². The van der Waals surface area contributed by atoms with E-state index < -0.39 is 0 Å². The van der Waals surface area contributed by atoms with Gasteiger partial charge in [0.2, 0.25) is 0 Å². The third-order valence-corrected chi connectivity index (χ3v) is 8.97. The average Bonchev–Trinajstić information content (AvgIpc) is 2.85. The maximum absolute atomic E-state index is 12.2. The molecule has 0 aromatic rings. The van der Waals surface area contributed by atoms with E-state index in [4.69, 9.17) is 0 Å². The number of rotatable bonds is 1. The van der Waals surface area contributed by atoms with Crippen molar-refractivity contribution in [3.8, 4) is 0 Å². The van der Waals surface area contributed by atoms with Gasteiger partial charge in [-0.3, -0.25) is 9.59 Å². The predicted molar refractivity (Wildman–Crippen MR) is 90.9 cm³/mol. The molecule has 0 heterocycles. The Hall–Kier alpha value is -0.660. The molecular weight excluding hydrogens is 284 g/mol. The Morgan fingerprint density at radius 3 is 2.43 bits per heavy atom. The highest BCUT2D eigenvalue weighted by Crippen LogP contribution is 2.67. The van der Waals surface area contributed by atoms with Crippen LogP contribution in [0.4, 0.5) is 0 Å². The van der Waals surface area contributed by atoms with Gasteiger partial charge in [0.1, 0.15) is 11.6 Å². The summed E-state index contributed by atoms with van der Waals surface area (Å²) < 4.78 is 0. The lowest BCUT2D eigenvalue weighted by Gasteiger charge is -2.60. The Labute approximate surface area is 140 Å². The summed E-state index contributed by atoms with van der Waals surface area (Å²) in [4.78, 5) is 24.1. The molecule has 0 aliphatic heterocycles. The van der Waals surface area contributed by atoms with Crippen molar-refractivity contribution in [2.75, 3.05) is 0 Å². The molecule has 0 aromatic heterocycles. The van der Waals surface area contributed by atoms with E-state index >= 15 is 0 Å². The Balaban J connectivity index is 1.63. The van der Waals surface area contributed by atoms with Crippen LogP contribution in [0.15, 0.2) is 0 Å². The van der Waals surface area contributed by atoms with E-state index in [-0.39, 0.29) is 5.41 Å². The molecule has 128 valence electrons. The minimum absolute atomic E-state index is 0.265. The lowest BCUT2D eigenvalue weighted by molar-refractivity contribution is -0.143. The van der Waals surface area contributed by atoms with Crippen LogP contribution in [0, 0.1) is 40.4 Å². The molecule has 0 bridgehead atoms. The van der Waals surface area contributed by atoms with Crippen molar-refractivity contribution < 1.29 is 9.59 Å². The van der Waals surface area contributed by atoms with E-state index in [0.29, 0.717) is 28.8 Å². The lowest BCUT2D eigenvalue weighted by Crippen LogP contribution is -2.53. The van der Waals surface area contributed by atoms with E-state index in [1.807, 2.05) is 6.92 Å². The first kappa shape index (κ1) is 15.8. The molecule has 0 spiro atoms. The molecule has 0 aromatic carbocycles. The minimum atomic E-state index is 0.265. The van der Waals surface area contributed by atoms with Crippen LogP contribution in [0.5, 0.6) is 0 Å². The van der Waals surface area contributed by atoms with E-state index in [1.165, 1.54) is 32.1 Å². The van der Waals surface area contributed by atoms with Gasteiger partial charge in [-0.05, 0) is 86.4 Å². The lowest BCUT2D eigenvalue weighted by atomic mass is 9.44. The van der Waals surface area contributed by atoms with Crippen molar-refractivity contribution in [3.05, 3.63) is 0 Å². The Morgan fingerprint density at radius 2 is 1.70 bits per heavy atom. The van der Waals surface area contributed by atoms with Crippen molar-refractivity contribution in [1.82, 2.24) is 0 Å². The van der Waals surface area contributed by atoms with Gasteiger partial charge in [0.05, 0.1) is 0 Å². The molecule has 4 aliphatic rings. The molecule has 2 nitrogen and oxygen atoms in total. The zero-order valence-electron chi connectivity index (χ0n) is 15.1. The van der Waals surface area contributed by atoms with Crippen molar-refractivity contribution in [3.63, 3.8) is 0 Å². The highest BCUT2D eigenvalue weighted by atomic mass is 16.1. The smallest absolute Gasteiger partial charge is 0.133 e. The molecule has 0 radical (unpaired) electrons. The van der Waals surface area contributed by atoms with Crippen molar-refractivity contribution in [2.24, 2.45) is 40.4 Å². The van der Waals surface area contributed by atoms with Crippen molar-refractivity contribution in [1.29, 1.82) is 0 Å². The van der Waals surface area contributed by atoms with Crippen molar-refractivity contribution in [2.45, 2.75) is 78.6 Å². The SMILES string of the molecule is CC(=O)C1CC[C@@H]2[C@H]3CC[C@H]4CC(=O)CC[C@@]4(C)[C@@H]3CC[C@@]12C. The summed E-state index contributed by atoms with van der Waals surface area (Å²) in [7, 11) is 0. The average molecular weight is 316 g/mol. The number of hydrogen-bond acceptors (Lipinski definition) is 2. The van der Waals surface area contributed by atoms with Crippen LogP contribution < -0.4 is 0 Å². The van der Waals surface area contributed by atoms with Crippen LogP contribution >= 0.6 is 0 Å². The van der Waals surface area contributed by atoms with Gasteiger partial charge in [-0.15, -0.1) is 0 Å². The summed E-state index contributed by atoms with van der Waals surface area (Å²) in [6.45, 7) is 6.74. The molecule has 4 rings (SSSR count). The monoisotopic (exact) mass is 316 g/mol. The maximum Gasteiger partial charge on any atom is 0.133 e. The second-order valence-corrected chi connectivity index (χ2v) is 9.68. The molecule has 2 heteroatoms. The van der Waals surface area contributed by atoms with Gasteiger partial charge in [0.25, 0.3) is 0 Å². The summed E-state index contributed by atoms with van der Waals surface area (Å²) in [5.74, 6) is 4.25. The van der Waals surface area contributed by atoms with Crippen molar-refractivity contribution >= 4 is 11.6 Å². The van der Waals surface area contributed by atoms with Crippen LogP contribution in [0.2, 0.25) is 0 Å². The molecule has 0 amide bonds. The van der Waals surface area contributed by atoms with Gasteiger partial charge in [0, 0.05) is 18.8 Å². The summed E-state index contributed by atoms with van der Waals surface area (Å²) in [6.07, 6.45) is 10.3. The fraction of sp³-hybridized carbons (Fsp3) is 0.905. The van der Waals surface area contributed by atoms with E-state index in [2.05, 4.69) is 13.8 Å². The van der Waals surface area contributed by atoms with E-state index in [9.17, 15) is 9.59 Å². The molecule has 0 N–H and O–H groups in total. The molecule has 23 heavy (non-hydrogen) atoms. The van der Waals surface area contributed by atoms with Gasteiger partial charge in [-0.1, -0.05) is 13.8 Å². The predicted octanol–water partition coefficient (Wildman–Crippen LogP) is 4.80. The molecule has 7 atom stereocenters. The highest BCUT2D eigenvalue weighted by molar-refractivity contribution is 5.80. The second kappa shape index (κ2) is 5.17. The summed E-state index contributed by atoms with van der Waals surface area (Å²) in [5, 5.41) is 0. The summed E-state index contributed by atoms with van der Waals surface area (Å²) in [5.41, 5.74) is 0.660. The largest absolute Gasteiger partial charge is 0.300 e. The first-order valence-corrected chi connectivity index (χ1v) is 9.88. The van der Waals surface area contributed by atoms with Gasteiger partial charge in [-0.2, -0.15) is 0 Å². The van der Waals surface area contributed by atoms with Gasteiger partial charge < -0.3 is 0 Å². The number of fused-ring (bicyclic) bond motifs is 5. The third-order valence-electron chi connectivity index (χ3n) is 8.97. The Bertz CT molecular complexity index is 538. The number of carbonyl (C=O) groups excluding carboxylic acids is 2.